The van der Waals surface area contributed by atoms with E-state index < -0.39 is 23.6 Å². The quantitative estimate of drug-likeness (QED) is 0.205. The fourth-order valence-corrected chi connectivity index (χ4v) is 6.46. The van der Waals surface area contributed by atoms with Crippen molar-refractivity contribution >= 4 is 29.1 Å². The lowest BCUT2D eigenvalue weighted by atomic mass is 9.85. The molecule has 10 heteroatoms. The highest BCUT2D eigenvalue weighted by molar-refractivity contribution is 7.13. The van der Waals surface area contributed by atoms with E-state index in [2.05, 4.69) is 27.8 Å². The molecule has 0 spiro atoms. The minimum absolute atomic E-state index is 0.0501. The van der Waals surface area contributed by atoms with E-state index in [0.29, 0.717) is 19.5 Å². The maximum Gasteiger partial charge on any atom is 0.246 e. The number of hydrogen-bond acceptors (Lipinski definition) is 7. The molecule has 242 valence electrons. The normalized spacial score (nSPS) is 17.2. The Morgan fingerprint density at radius 1 is 1.02 bits per heavy atom. The van der Waals surface area contributed by atoms with Gasteiger partial charge in [-0.3, -0.25) is 14.4 Å². The molecule has 0 unspecified atom stereocenters. The summed E-state index contributed by atoms with van der Waals surface area (Å²) < 4.78 is 0. The second kappa shape index (κ2) is 15.6. The van der Waals surface area contributed by atoms with Gasteiger partial charge in [0.15, 0.2) is 0 Å². The van der Waals surface area contributed by atoms with Crippen molar-refractivity contribution in [3.8, 4) is 10.4 Å². The van der Waals surface area contributed by atoms with Gasteiger partial charge in [-0.05, 0) is 53.9 Å². The molecule has 3 atom stereocenters. The number of benzene rings is 2. The van der Waals surface area contributed by atoms with Crippen molar-refractivity contribution in [2.24, 2.45) is 11.1 Å². The first-order valence-electron chi connectivity index (χ1n) is 15.8. The zero-order valence-corrected chi connectivity index (χ0v) is 27.7. The van der Waals surface area contributed by atoms with Gasteiger partial charge in [-0.2, -0.15) is 0 Å². The van der Waals surface area contributed by atoms with Gasteiger partial charge in [0.2, 0.25) is 17.7 Å². The number of rotatable bonds is 13. The number of aryl methyl sites for hydroxylation is 2. The summed E-state index contributed by atoms with van der Waals surface area (Å²) in [6.07, 6.45) is 3.18. The van der Waals surface area contributed by atoms with Crippen molar-refractivity contribution in [3.05, 3.63) is 76.4 Å². The molecule has 0 bridgehead atoms. The SMILES string of the molecule is Cc1ncsc1-c1ccc(CNC(=O)[C@@H]2C[C@@H](O)CN2C(=O)[C@@H](NC(=O)CCCCCc2ccc(CN)cc2)C(C)(C)C)cc1. The second-order valence-electron chi connectivity index (χ2n) is 13.0. The molecule has 1 saturated heterocycles. The van der Waals surface area contributed by atoms with Crippen LogP contribution in [0.15, 0.2) is 54.0 Å². The Morgan fingerprint density at radius 2 is 1.69 bits per heavy atom. The van der Waals surface area contributed by atoms with E-state index in [1.165, 1.54) is 10.5 Å². The summed E-state index contributed by atoms with van der Waals surface area (Å²) >= 11 is 1.59. The third-order valence-corrected chi connectivity index (χ3v) is 9.32. The van der Waals surface area contributed by atoms with Crippen LogP contribution in [0.2, 0.25) is 0 Å². The third-order valence-electron chi connectivity index (χ3n) is 8.34. The molecule has 9 nitrogen and oxygen atoms in total. The first kappa shape index (κ1) is 34.3. The second-order valence-corrected chi connectivity index (χ2v) is 13.9. The molecule has 1 fully saturated rings. The van der Waals surface area contributed by atoms with Crippen molar-refractivity contribution in [3.63, 3.8) is 0 Å². The van der Waals surface area contributed by atoms with Crippen molar-refractivity contribution < 1.29 is 19.5 Å². The number of unbranched alkanes of at least 4 members (excludes halogenated alkanes) is 2. The van der Waals surface area contributed by atoms with Gasteiger partial charge in [0.25, 0.3) is 0 Å². The van der Waals surface area contributed by atoms with E-state index in [9.17, 15) is 19.5 Å². The molecule has 2 heterocycles. The maximum atomic E-state index is 13.8. The predicted molar refractivity (Wildman–Crippen MR) is 178 cm³/mol. The van der Waals surface area contributed by atoms with Gasteiger partial charge in [0, 0.05) is 32.5 Å². The van der Waals surface area contributed by atoms with E-state index in [0.717, 1.165) is 52.9 Å². The first-order chi connectivity index (χ1) is 21.5. The number of thiazole rings is 1. The molecule has 3 amide bonds. The minimum atomic E-state index is -0.825. The van der Waals surface area contributed by atoms with Gasteiger partial charge in [0.1, 0.15) is 12.1 Å². The van der Waals surface area contributed by atoms with Crippen LogP contribution in [-0.2, 0) is 33.9 Å². The van der Waals surface area contributed by atoms with E-state index in [4.69, 9.17) is 5.73 Å². The summed E-state index contributed by atoms with van der Waals surface area (Å²) in [5.74, 6) is -0.857. The van der Waals surface area contributed by atoms with E-state index in [1.807, 2.05) is 69.6 Å². The zero-order chi connectivity index (χ0) is 32.6. The lowest BCUT2D eigenvalue weighted by molar-refractivity contribution is -0.144. The molecule has 1 aliphatic rings. The van der Waals surface area contributed by atoms with E-state index >= 15 is 0 Å². The van der Waals surface area contributed by atoms with Gasteiger partial charge in [0.05, 0.1) is 22.2 Å². The largest absolute Gasteiger partial charge is 0.391 e. The summed E-state index contributed by atoms with van der Waals surface area (Å²) in [7, 11) is 0. The Morgan fingerprint density at radius 3 is 2.31 bits per heavy atom. The smallest absolute Gasteiger partial charge is 0.246 e. The maximum absolute atomic E-state index is 13.8. The number of β-amino-alcohol motifs (C(OH)–C–C–N with tert-alkyl or cyclic N) is 1. The highest BCUT2D eigenvalue weighted by Crippen LogP contribution is 2.28. The molecule has 3 aromatic rings. The standard InChI is InChI=1S/C35H47N5O4S/c1-23-31(45-22-38-23)27-16-14-26(15-17-27)20-37-33(43)29-18-28(41)21-40(29)34(44)32(35(2,3)4)39-30(42)9-7-5-6-8-24-10-12-25(19-36)13-11-24/h10-17,22,28-29,32,41H,5-9,18-21,36H2,1-4H3,(H,37,43)(H,39,42)/t28-,29+,32-/m1/s1. The predicted octanol–water partition coefficient (Wildman–Crippen LogP) is 4.49. The number of nitrogens with zero attached hydrogens (tertiary/aromatic N) is 2. The average molecular weight is 634 g/mol. The van der Waals surface area contributed by atoms with Crippen LogP contribution in [0.4, 0.5) is 0 Å². The lowest BCUT2D eigenvalue weighted by Gasteiger charge is -2.35. The van der Waals surface area contributed by atoms with Crippen LogP contribution in [0.1, 0.15) is 75.3 Å². The number of likely N-dealkylation sites (tertiary alicyclic amines) is 1. The van der Waals surface area contributed by atoms with Crippen LogP contribution >= 0.6 is 11.3 Å². The number of amides is 3. The topological polar surface area (TPSA) is 138 Å². The van der Waals surface area contributed by atoms with Gasteiger partial charge in [-0.1, -0.05) is 75.7 Å². The van der Waals surface area contributed by atoms with Gasteiger partial charge in [-0.15, -0.1) is 11.3 Å². The number of aliphatic hydroxyl groups excluding tert-OH is 1. The molecule has 4 rings (SSSR count). The van der Waals surface area contributed by atoms with Gasteiger partial charge >= 0.3 is 0 Å². The Kier molecular flexibility index (Phi) is 11.9. The van der Waals surface area contributed by atoms with Crippen molar-refractivity contribution in [2.45, 2.75) is 97.5 Å². The third kappa shape index (κ3) is 9.45. The number of hydrogen-bond donors (Lipinski definition) is 4. The molecular formula is C35H47N5O4S. The van der Waals surface area contributed by atoms with Crippen molar-refractivity contribution in [2.75, 3.05) is 6.54 Å². The van der Waals surface area contributed by atoms with Crippen LogP contribution < -0.4 is 16.4 Å². The molecule has 0 saturated carbocycles. The highest BCUT2D eigenvalue weighted by atomic mass is 32.1. The monoisotopic (exact) mass is 633 g/mol. The zero-order valence-electron chi connectivity index (χ0n) is 26.8. The van der Waals surface area contributed by atoms with Crippen LogP contribution in [0.3, 0.4) is 0 Å². The number of nitrogens with two attached hydrogens (primary N) is 1. The van der Waals surface area contributed by atoms with Crippen LogP contribution in [0.25, 0.3) is 10.4 Å². The molecule has 2 aromatic carbocycles. The number of aliphatic hydroxyl groups is 1. The summed E-state index contributed by atoms with van der Waals surface area (Å²) in [5, 5.41) is 16.4. The summed E-state index contributed by atoms with van der Waals surface area (Å²) in [6.45, 7) is 8.54. The Balaban J connectivity index is 1.29. The molecule has 1 aliphatic heterocycles. The molecule has 0 radical (unpaired) electrons. The van der Waals surface area contributed by atoms with E-state index in [1.54, 1.807) is 11.3 Å². The van der Waals surface area contributed by atoms with Crippen LogP contribution in [0.5, 0.6) is 0 Å². The van der Waals surface area contributed by atoms with E-state index in [-0.39, 0.29) is 30.7 Å². The highest BCUT2D eigenvalue weighted by Gasteiger charge is 2.44. The Hall–Kier alpha value is -3.60. The Labute approximate surface area is 270 Å². The molecule has 45 heavy (non-hydrogen) atoms. The summed E-state index contributed by atoms with van der Waals surface area (Å²) in [4.78, 5) is 46.9. The Bertz CT molecular complexity index is 1430. The molecule has 1 aromatic heterocycles. The van der Waals surface area contributed by atoms with Gasteiger partial charge < -0.3 is 26.4 Å². The van der Waals surface area contributed by atoms with Crippen molar-refractivity contribution in [1.29, 1.82) is 0 Å². The first-order valence-corrected chi connectivity index (χ1v) is 16.7. The fraction of sp³-hybridized carbons (Fsp3) is 0.486. The van der Waals surface area contributed by atoms with Gasteiger partial charge in [-0.25, -0.2) is 4.98 Å². The molecular weight excluding hydrogens is 586 g/mol. The van der Waals surface area contributed by atoms with Crippen molar-refractivity contribution in [1.82, 2.24) is 20.5 Å². The molecule has 0 aliphatic carbocycles. The summed E-state index contributed by atoms with van der Waals surface area (Å²) in [5.41, 5.74) is 12.2. The molecule has 5 N–H and O–H groups in total. The number of carbonyl (C=O) groups is 3. The minimum Gasteiger partial charge on any atom is -0.391 e. The number of nitrogens with one attached hydrogen (secondary N) is 2. The summed E-state index contributed by atoms with van der Waals surface area (Å²) in [6, 6.07) is 14.6. The van der Waals surface area contributed by atoms with Crippen LogP contribution in [0, 0.1) is 12.3 Å². The average Bonchev–Trinajstić information content (AvgIpc) is 3.63. The lowest BCUT2D eigenvalue weighted by Crippen LogP contribution is -2.57. The van der Waals surface area contributed by atoms with Crippen LogP contribution in [-0.4, -0.2) is 57.4 Å². The fourth-order valence-electron chi connectivity index (χ4n) is 5.65. The number of carbonyl (C=O) groups excluding carboxylic acids is 3. The number of aromatic nitrogens is 1.